The highest BCUT2D eigenvalue weighted by atomic mass is 16.6. The maximum atomic E-state index is 12.0. The topological polar surface area (TPSA) is 56.8 Å². The molecular formula is C18H21NO4. The van der Waals surface area contributed by atoms with Gasteiger partial charge in [0, 0.05) is 5.92 Å². The van der Waals surface area contributed by atoms with Crippen molar-refractivity contribution in [3.63, 3.8) is 0 Å². The monoisotopic (exact) mass is 315 g/mol. The molecule has 0 saturated heterocycles. The molecular weight excluding hydrogens is 294 g/mol. The van der Waals surface area contributed by atoms with Gasteiger partial charge in [-0.1, -0.05) is 42.5 Å². The Bertz CT molecular complexity index is 634. The van der Waals surface area contributed by atoms with Gasteiger partial charge in [0.05, 0.1) is 20.5 Å². The fraction of sp³-hybridized carbons (Fsp3) is 0.278. The Hall–Kier alpha value is -2.37. The van der Waals surface area contributed by atoms with Gasteiger partial charge in [-0.05, 0) is 24.1 Å². The third-order valence-corrected chi connectivity index (χ3v) is 3.58. The van der Waals surface area contributed by atoms with Gasteiger partial charge < -0.3 is 14.3 Å². The number of benzene rings is 1. The van der Waals surface area contributed by atoms with E-state index in [4.69, 9.17) is 14.3 Å². The average Bonchev–Trinajstić information content (AvgIpc) is 2.59. The standard InChI is InChI=1S/C18H21NO4/c1-13-8-4-7-11-16(13)23-12-14-9-5-6-10-15(14)17(19-22-3)18(20)21-2/h4-12,15,17,19H,1-3H3. The first-order valence-corrected chi connectivity index (χ1v) is 7.31. The fourth-order valence-electron chi connectivity index (χ4n) is 2.34. The van der Waals surface area contributed by atoms with Gasteiger partial charge >= 0.3 is 5.97 Å². The summed E-state index contributed by atoms with van der Waals surface area (Å²) >= 11 is 0. The van der Waals surface area contributed by atoms with Crippen molar-refractivity contribution >= 4 is 5.97 Å². The molecule has 5 heteroatoms. The Morgan fingerprint density at radius 2 is 2.04 bits per heavy atom. The molecule has 122 valence electrons. The summed E-state index contributed by atoms with van der Waals surface area (Å²) in [4.78, 5) is 16.9. The molecule has 0 heterocycles. The molecule has 0 radical (unpaired) electrons. The normalized spacial score (nSPS) is 19.6. The van der Waals surface area contributed by atoms with E-state index in [0.717, 1.165) is 16.9 Å². The van der Waals surface area contributed by atoms with E-state index >= 15 is 0 Å². The molecule has 0 aliphatic heterocycles. The lowest BCUT2D eigenvalue weighted by molar-refractivity contribution is -0.147. The van der Waals surface area contributed by atoms with E-state index in [1.54, 1.807) is 6.26 Å². The molecule has 2 unspecified atom stereocenters. The van der Waals surface area contributed by atoms with Gasteiger partial charge in [0.2, 0.25) is 0 Å². The molecule has 1 aliphatic carbocycles. The van der Waals surface area contributed by atoms with Gasteiger partial charge in [0.1, 0.15) is 11.8 Å². The number of allylic oxidation sites excluding steroid dienone is 3. The number of carbonyl (C=O) groups is 1. The predicted molar refractivity (Wildman–Crippen MR) is 87.6 cm³/mol. The number of ether oxygens (including phenoxy) is 2. The van der Waals surface area contributed by atoms with Crippen LogP contribution >= 0.6 is 0 Å². The lowest BCUT2D eigenvalue weighted by Crippen LogP contribution is -2.43. The van der Waals surface area contributed by atoms with Crippen molar-refractivity contribution in [1.82, 2.24) is 5.48 Å². The summed E-state index contributed by atoms with van der Waals surface area (Å²) in [7, 11) is 2.81. The first-order valence-electron chi connectivity index (χ1n) is 7.31. The minimum absolute atomic E-state index is 0.253. The first kappa shape index (κ1) is 17.0. The van der Waals surface area contributed by atoms with Crippen LogP contribution in [0.5, 0.6) is 5.75 Å². The van der Waals surface area contributed by atoms with Crippen molar-refractivity contribution in [1.29, 1.82) is 0 Å². The maximum absolute atomic E-state index is 12.0. The first-order chi connectivity index (χ1) is 11.2. The molecule has 5 nitrogen and oxygen atoms in total. The van der Waals surface area contributed by atoms with Crippen LogP contribution in [0.2, 0.25) is 0 Å². The van der Waals surface area contributed by atoms with Crippen LogP contribution in [0.3, 0.4) is 0 Å². The number of para-hydroxylation sites is 1. The Morgan fingerprint density at radius 1 is 1.26 bits per heavy atom. The van der Waals surface area contributed by atoms with Gasteiger partial charge in [-0.2, -0.15) is 5.48 Å². The molecule has 2 atom stereocenters. The summed E-state index contributed by atoms with van der Waals surface area (Å²) < 4.78 is 10.6. The van der Waals surface area contributed by atoms with Crippen LogP contribution in [0.1, 0.15) is 5.56 Å². The second kappa shape index (κ2) is 8.31. The highest BCUT2D eigenvalue weighted by Crippen LogP contribution is 2.25. The van der Waals surface area contributed by atoms with Crippen LogP contribution in [0, 0.1) is 12.8 Å². The minimum atomic E-state index is -0.655. The van der Waals surface area contributed by atoms with E-state index in [1.165, 1.54) is 14.2 Å². The largest absolute Gasteiger partial charge is 0.468 e. The molecule has 0 spiro atoms. The number of esters is 1. The van der Waals surface area contributed by atoms with E-state index in [0.29, 0.717) is 0 Å². The number of carbonyl (C=O) groups excluding carboxylic acids is 1. The lowest BCUT2D eigenvalue weighted by atomic mass is 9.89. The number of hydroxylamine groups is 1. The Labute approximate surface area is 136 Å². The molecule has 1 aliphatic rings. The Morgan fingerprint density at radius 3 is 2.74 bits per heavy atom. The van der Waals surface area contributed by atoms with Gasteiger partial charge in [-0.3, -0.25) is 4.79 Å². The molecule has 1 N–H and O–H groups in total. The summed E-state index contributed by atoms with van der Waals surface area (Å²) in [5.74, 6) is 0.117. The SMILES string of the molecule is CONC(C(=O)OC)C1C=CC=CC1=COc1ccccc1C. The summed E-state index contributed by atoms with van der Waals surface area (Å²) in [6, 6.07) is 7.09. The molecule has 0 bridgehead atoms. The highest BCUT2D eigenvalue weighted by molar-refractivity contribution is 5.77. The van der Waals surface area contributed by atoms with Gasteiger partial charge in [0.15, 0.2) is 0 Å². The Balaban J connectivity index is 2.22. The molecule has 2 rings (SSSR count). The van der Waals surface area contributed by atoms with Crippen molar-refractivity contribution in [2.45, 2.75) is 13.0 Å². The van der Waals surface area contributed by atoms with Crippen molar-refractivity contribution in [3.05, 3.63) is 66.0 Å². The van der Waals surface area contributed by atoms with Crippen LogP contribution in [-0.2, 0) is 14.4 Å². The third-order valence-electron chi connectivity index (χ3n) is 3.58. The van der Waals surface area contributed by atoms with Crippen molar-refractivity contribution in [2.75, 3.05) is 14.2 Å². The van der Waals surface area contributed by atoms with Crippen LogP contribution in [0.25, 0.3) is 0 Å². The van der Waals surface area contributed by atoms with Crippen LogP contribution in [-0.4, -0.2) is 26.2 Å². The molecule has 23 heavy (non-hydrogen) atoms. The van der Waals surface area contributed by atoms with E-state index in [2.05, 4.69) is 5.48 Å². The number of hydrogen-bond donors (Lipinski definition) is 1. The molecule has 0 aromatic heterocycles. The molecule has 0 fully saturated rings. The zero-order valence-electron chi connectivity index (χ0n) is 13.5. The number of methoxy groups -OCH3 is 1. The van der Waals surface area contributed by atoms with Gasteiger partial charge in [0.25, 0.3) is 0 Å². The molecule has 1 aromatic rings. The quantitative estimate of drug-likeness (QED) is 0.497. The zero-order valence-corrected chi connectivity index (χ0v) is 13.5. The minimum Gasteiger partial charge on any atom is -0.468 e. The highest BCUT2D eigenvalue weighted by Gasteiger charge is 2.30. The number of rotatable bonds is 6. The van der Waals surface area contributed by atoms with Gasteiger partial charge in [-0.25, -0.2) is 0 Å². The average molecular weight is 315 g/mol. The Kier molecular flexibility index (Phi) is 6.14. The summed E-state index contributed by atoms with van der Waals surface area (Å²) in [6.07, 6.45) is 9.23. The van der Waals surface area contributed by atoms with Crippen LogP contribution in [0.4, 0.5) is 0 Å². The van der Waals surface area contributed by atoms with Crippen molar-refractivity contribution in [2.24, 2.45) is 5.92 Å². The lowest BCUT2D eigenvalue weighted by Gasteiger charge is -2.25. The third kappa shape index (κ3) is 4.31. The molecule has 1 aromatic carbocycles. The zero-order chi connectivity index (χ0) is 16.7. The number of hydrogen-bond acceptors (Lipinski definition) is 5. The fourth-order valence-corrected chi connectivity index (χ4v) is 2.34. The predicted octanol–water partition coefficient (Wildman–Crippen LogP) is 2.69. The number of aryl methyl sites for hydroxylation is 1. The summed E-state index contributed by atoms with van der Waals surface area (Å²) in [5.41, 5.74) is 4.57. The van der Waals surface area contributed by atoms with E-state index in [-0.39, 0.29) is 5.92 Å². The van der Waals surface area contributed by atoms with Crippen molar-refractivity contribution in [3.8, 4) is 5.75 Å². The maximum Gasteiger partial charge on any atom is 0.326 e. The van der Waals surface area contributed by atoms with E-state index < -0.39 is 12.0 Å². The van der Waals surface area contributed by atoms with Crippen LogP contribution in [0.15, 0.2) is 60.4 Å². The van der Waals surface area contributed by atoms with Gasteiger partial charge in [-0.15, -0.1) is 0 Å². The second-order valence-corrected chi connectivity index (χ2v) is 5.09. The van der Waals surface area contributed by atoms with E-state index in [1.807, 2.05) is 55.5 Å². The second-order valence-electron chi connectivity index (χ2n) is 5.09. The molecule has 0 saturated carbocycles. The summed E-state index contributed by atoms with van der Waals surface area (Å²) in [5, 5.41) is 0. The van der Waals surface area contributed by atoms with E-state index in [9.17, 15) is 4.79 Å². The number of nitrogens with one attached hydrogen (secondary N) is 1. The summed E-state index contributed by atoms with van der Waals surface area (Å²) in [6.45, 7) is 1.98. The molecule has 0 amide bonds. The van der Waals surface area contributed by atoms with Crippen LogP contribution < -0.4 is 10.2 Å². The smallest absolute Gasteiger partial charge is 0.326 e. The van der Waals surface area contributed by atoms with Crippen molar-refractivity contribution < 1.29 is 19.1 Å².